The zero-order valence-electron chi connectivity index (χ0n) is 16.0. The van der Waals surface area contributed by atoms with Gasteiger partial charge in [0.25, 0.3) is 0 Å². The Kier molecular flexibility index (Phi) is 7.18. The van der Waals surface area contributed by atoms with Crippen molar-refractivity contribution in [1.82, 2.24) is 10.6 Å². The lowest BCUT2D eigenvalue weighted by molar-refractivity contribution is 0.139. The maximum Gasteiger partial charge on any atom is 0.0639 e. The van der Waals surface area contributed by atoms with Crippen molar-refractivity contribution in [1.29, 1.82) is 0 Å². The van der Waals surface area contributed by atoms with Gasteiger partial charge in [-0.2, -0.15) is 0 Å². The summed E-state index contributed by atoms with van der Waals surface area (Å²) in [7, 11) is 0. The molecule has 0 heterocycles. The smallest absolute Gasteiger partial charge is 0.0639 e. The summed E-state index contributed by atoms with van der Waals surface area (Å²) in [4.78, 5) is 2.09. The van der Waals surface area contributed by atoms with Crippen LogP contribution in [0.3, 0.4) is 0 Å². The zero-order chi connectivity index (χ0) is 18.5. The largest absolute Gasteiger partial charge is 0.386 e. The van der Waals surface area contributed by atoms with E-state index >= 15 is 0 Å². The molecule has 0 aromatic carbocycles. The van der Waals surface area contributed by atoms with Crippen LogP contribution >= 0.6 is 24.4 Å². The molecule has 140 valence electrons. The van der Waals surface area contributed by atoms with Crippen molar-refractivity contribution >= 4 is 34.2 Å². The van der Waals surface area contributed by atoms with E-state index in [2.05, 4.69) is 50.5 Å². The Bertz CT molecular complexity index is 526. The number of hydrogen-bond acceptors (Lipinski definition) is 5. The van der Waals surface area contributed by atoms with E-state index in [1.807, 2.05) is 0 Å². The van der Waals surface area contributed by atoms with Crippen molar-refractivity contribution in [3.8, 4) is 0 Å². The van der Waals surface area contributed by atoms with Gasteiger partial charge in [-0.25, -0.2) is 0 Å². The highest BCUT2D eigenvalue weighted by Crippen LogP contribution is 2.33. The zero-order valence-corrected chi connectivity index (χ0v) is 17.7. The second kappa shape index (κ2) is 8.74. The second-order valence-corrected chi connectivity index (χ2v) is 9.82. The van der Waals surface area contributed by atoms with E-state index in [-0.39, 0.29) is 10.8 Å². The number of allylic oxidation sites excluding steroid dienone is 4. The van der Waals surface area contributed by atoms with E-state index in [1.165, 1.54) is 11.4 Å². The van der Waals surface area contributed by atoms with Crippen LogP contribution < -0.4 is 10.6 Å². The molecule has 0 saturated heterocycles. The van der Waals surface area contributed by atoms with Gasteiger partial charge < -0.3 is 15.4 Å². The van der Waals surface area contributed by atoms with Crippen molar-refractivity contribution in [2.24, 2.45) is 10.8 Å². The van der Waals surface area contributed by atoms with Gasteiger partial charge in [-0.3, -0.25) is 0 Å². The van der Waals surface area contributed by atoms with Crippen LogP contribution in [0.15, 0.2) is 23.5 Å². The molecule has 3 nitrogen and oxygen atoms in total. The van der Waals surface area contributed by atoms with Crippen molar-refractivity contribution in [3.63, 3.8) is 0 Å². The summed E-state index contributed by atoms with van der Waals surface area (Å²) in [6, 6.07) is 0. The number of nitrogens with one attached hydrogen (secondary N) is 2. The van der Waals surface area contributed by atoms with Crippen LogP contribution in [0.25, 0.3) is 0 Å². The third-order valence-corrected chi connectivity index (χ3v) is 5.04. The van der Waals surface area contributed by atoms with Gasteiger partial charge >= 0.3 is 0 Å². The fourth-order valence-corrected chi connectivity index (χ4v) is 4.65. The summed E-state index contributed by atoms with van der Waals surface area (Å²) < 4.78 is 5.73. The Hall–Kier alpha value is -0.780. The van der Waals surface area contributed by atoms with Gasteiger partial charge in [0, 0.05) is 34.2 Å². The fraction of sp³-hybridized carbons (Fsp3) is 0.700. The average molecular weight is 381 g/mol. The first-order valence-corrected chi connectivity index (χ1v) is 9.99. The number of ether oxygens (including phenoxy) is 1. The standard InChI is InChI=1S/C20H32N2OS2/c1-19(2)11-15(9-17(24)13-19)21-5-7-23-8-6-22-16-10-18(25)14-20(3,4)12-16/h9-10,21-22H,5-8,11-14H2,1-4H3. The summed E-state index contributed by atoms with van der Waals surface area (Å²) in [6.45, 7) is 12.1. The maximum atomic E-state index is 5.73. The lowest BCUT2D eigenvalue weighted by Gasteiger charge is -2.30. The molecule has 0 bridgehead atoms. The van der Waals surface area contributed by atoms with Crippen LogP contribution in [0.4, 0.5) is 0 Å². The van der Waals surface area contributed by atoms with E-state index in [4.69, 9.17) is 29.2 Å². The number of hydrogen-bond donors (Lipinski definition) is 2. The average Bonchev–Trinajstić information content (AvgIpc) is 2.41. The second-order valence-electron chi connectivity index (χ2n) is 8.77. The highest BCUT2D eigenvalue weighted by Gasteiger charge is 2.26. The first-order valence-electron chi connectivity index (χ1n) is 9.18. The van der Waals surface area contributed by atoms with Gasteiger partial charge in [0.05, 0.1) is 13.2 Å². The van der Waals surface area contributed by atoms with Crippen LogP contribution in [0, 0.1) is 10.8 Å². The molecule has 0 aliphatic heterocycles. The van der Waals surface area contributed by atoms with E-state index in [9.17, 15) is 0 Å². The Morgan fingerprint density at radius 2 is 1.20 bits per heavy atom. The predicted octanol–water partition coefficient (Wildman–Crippen LogP) is 4.33. The Labute approximate surface area is 163 Å². The summed E-state index contributed by atoms with van der Waals surface area (Å²) in [5.74, 6) is 0. The SMILES string of the molecule is CC1(C)CC(=S)C=C(NCCOCCNC2=CC(=S)CC(C)(C)C2)C1. The van der Waals surface area contributed by atoms with Gasteiger partial charge in [-0.15, -0.1) is 0 Å². The van der Waals surface area contributed by atoms with Crippen molar-refractivity contribution in [2.45, 2.75) is 53.4 Å². The third kappa shape index (κ3) is 7.55. The molecule has 2 N–H and O–H groups in total. The summed E-state index contributed by atoms with van der Waals surface area (Å²) in [6.07, 6.45) is 8.35. The minimum absolute atomic E-state index is 0.265. The fourth-order valence-electron chi connectivity index (χ4n) is 3.59. The lowest BCUT2D eigenvalue weighted by Crippen LogP contribution is -2.30. The molecule has 2 aliphatic carbocycles. The first-order chi connectivity index (χ1) is 11.7. The molecule has 5 heteroatoms. The van der Waals surface area contributed by atoms with E-state index in [0.717, 1.165) is 48.5 Å². The number of thiocarbonyl (C=S) groups is 2. The summed E-state index contributed by atoms with van der Waals surface area (Å²) >= 11 is 10.8. The summed E-state index contributed by atoms with van der Waals surface area (Å²) in [5, 5.41) is 6.93. The van der Waals surface area contributed by atoms with Crippen LogP contribution in [0.2, 0.25) is 0 Å². The maximum absolute atomic E-state index is 5.73. The van der Waals surface area contributed by atoms with Gasteiger partial charge in [-0.1, -0.05) is 52.1 Å². The molecule has 0 amide bonds. The molecule has 2 rings (SSSR count). The quantitative estimate of drug-likeness (QED) is 0.484. The summed E-state index contributed by atoms with van der Waals surface area (Å²) in [5.41, 5.74) is 3.01. The molecule has 0 saturated carbocycles. The third-order valence-electron chi connectivity index (χ3n) is 4.51. The van der Waals surface area contributed by atoms with Gasteiger partial charge in [-0.05, 0) is 48.7 Å². The predicted molar refractivity (Wildman–Crippen MR) is 114 cm³/mol. The Morgan fingerprint density at radius 1 is 0.800 bits per heavy atom. The van der Waals surface area contributed by atoms with Gasteiger partial charge in [0.15, 0.2) is 0 Å². The normalized spacial score (nSPS) is 22.2. The number of rotatable bonds is 8. The van der Waals surface area contributed by atoms with Crippen LogP contribution in [0.5, 0.6) is 0 Å². The van der Waals surface area contributed by atoms with E-state index in [1.54, 1.807) is 0 Å². The Balaban J connectivity index is 1.58. The van der Waals surface area contributed by atoms with Crippen LogP contribution in [0.1, 0.15) is 53.4 Å². The monoisotopic (exact) mass is 380 g/mol. The van der Waals surface area contributed by atoms with E-state index in [0.29, 0.717) is 13.2 Å². The highest BCUT2D eigenvalue weighted by atomic mass is 32.1. The van der Waals surface area contributed by atoms with Crippen molar-refractivity contribution in [2.75, 3.05) is 26.3 Å². The Morgan fingerprint density at radius 3 is 1.56 bits per heavy atom. The lowest BCUT2D eigenvalue weighted by atomic mass is 9.79. The molecule has 0 fully saturated rings. The topological polar surface area (TPSA) is 33.3 Å². The van der Waals surface area contributed by atoms with Gasteiger partial charge in [0.2, 0.25) is 0 Å². The molecular formula is C20H32N2OS2. The van der Waals surface area contributed by atoms with Crippen molar-refractivity contribution in [3.05, 3.63) is 23.5 Å². The minimum atomic E-state index is 0.265. The van der Waals surface area contributed by atoms with Gasteiger partial charge in [0.1, 0.15) is 0 Å². The minimum Gasteiger partial charge on any atom is -0.386 e. The first kappa shape index (κ1) is 20.5. The molecule has 2 aliphatic rings. The van der Waals surface area contributed by atoms with E-state index < -0.39 is 0 Å². The molecule has 25 heavy (non-hydrogen) atoms. The molecular weight excluding hydrogens is 348 g/mol. The van der Waals surface area contributed by atoms with Crippen molar-refractivity contribution < 1.29 is 4.74 Å². The molecule has 0 spiro atoms. The molecule has 0 unspecified atom stereocenters. The molecule has 0 aromatic heterocycles. The molecule has 0 atom stereocenters. The molecule has 0 radical (unpaired) electrons. The van der Waals surface area contributed by atoms with Crippen LogP contribution in [-0.4, -0.2) is 36.0 Å². The van der Waals surface area contributed by atoms with Crippen LogP contribution in [-0.2, 0) is 4.74 Å². The molecule has 0 aromatic rings. The highest BCUT2D eigenvalue weighted by molar-refractivity contribution is 7.81.